The molecule has 22 saturated heterocycles. The quantitative estimate of drug-likeness (QED) is 0.0230. The molecule has 22 fully saturated rings. The lowest BCUT2D eigenvalue weighted by atomic mass is 9.94. The highest BCUT2D eigenvalue weighted by atomic mass is 16.8. The number of carbonyl (C=O) groups excluding carboxylic acids is 3. The molecule has 12 bridgehead atoms. The summed E-state index contributed by atoms with van der Waals surface area (Å²) in [7, 11) is 21.6. The molecule has 25 rings (SSSR count). The number of amides is 3. The van der Waals surface area contributed by atoms with Crippen molar-refractivity contribution in [1.82, 2.24) is 45.1 Å². The molecule has 30 atom stereocenters. The van der Waals surface area contributed by atoms with Crippen LogP contribution in [0.1, 0.15) is 77.0 Å². The first kappa shape index (κ1) is 104. The van der Waals surface area contributed by atoms with Crippen LogP contribution in [0.25, 0.3) is 0 Å². The van der Waals surface area contributed by atoms with Crippen LogP contribution in [0.3, 0.4) is 0 Å². The maximum atomic E-state index is 14.2. The minimum Gasteiger partial charge on any atom is -0.424 e. The first-order chi connectivity index (χ1) is 62.5. The van der Waals surface area contributed by atoms with Gasteiger partial charge in [0.1, 0.15) is 164 Å². The normalized spacial score (nSPS) is 33.8. The fourth-order valence-electron chi connectivity index (χ4n) is 17.1. The van der Waals surface area contributed by atoms with Gasteiger partial charge in [0.15, 0.2) is 37.7 Å². The number of aromatic nitrogens is 6. The van der Waals surface area contributed by atoms with Gasteiger partial charge in [-0.3, -0.25) is 14.4 Å². The van der Waals surface area contributed by atoms with Gasteiger partial charge in [0.05, 0.1) is 38.4 Å². The summed E-state index contributed by atoms with van der Waals surface area (Å²) in [5, 5.41) is 47.2. The summed E-state index contributed by atoms with van der Waals surface area (Å²) in [6.45, 7) is 0.0241. The second kappa shape index (κ2) is 52.4. The van der Waals surface area contributed by atoms with Crippen LogP contribution in [0.5, 0.6) is 0 Å². The summed E-state index contributed by atoms with van der Waals surface area (Å²) in [6, 6.07) is 4.36. The van der Waals surface area contributed by atoms with E-state index in [1.807, 2.05) is 0 Å². The Balaban J connectivity index is 1.01. The molecule has 0 aromatic carbocycles. The van der Waals surface area contributed by atoms with Crippen LogP contribution in [0.4, 0.5) is 17.5 Å². The molecule has 48 nitrogen and oxygen atoms in total. The van der Waals surface area contributed by atoms with E-state index in [1.165, 1.54) is 143 Å². The maximum absolute atomic E-state index is 14.2. The van der Waals surface area contributed by atoms with E-state index in [-0.39, 0.29) is 93.9 Å². The van der Waals surface area contributed by atoms with Crippen LogP contribution in [-0.2, 0) is 142 Å². The summed E-state index contributed by atoms with van der Waals surface area (Å²) in [5.74, 6) is -0.246. The zero-order valence-corrected chi connectivity index (χ0v) is 75.6. The fourth-order valence-corrected chi connectivity index (χ4v) is 17.1. The van der Waals surface area contributed by atoms with E-state index < -0.39 is 201 Å². The summed E-state index contributed by atoms with van der Waals surface area (Å²) in [5.41, 5.74) is -2.53. The van der Waals surface area contributed by atoms with E-state index in [0.717, 1.165) is 0 Å². The van der Waals surface area contributed by atoms with Gasteiger partial charge in [-0.25, -0.2) is 14.4 Å². The number of hydrogen-bond donors (Lipinski definition) is 9. The summed E-state index contributed by atoms with van der Waals surface area (Å²) in [4.78, 5) is 89.9. The Morgan fingerprint density at radius 1 is 0.295 bits per heavy atom. The van der Waals surface area contributed by atoms with Gasteiger partial charge in [-0.2, -0.15) is 15.0 Å². The Morgan fingerprint density at radius 2 is 0.496 bits per heavy atom. The van der Waals surface area contributed by atoms with Gasteiger partial charge >= 0.3 is 17.1 Å². The average Bonchev–Trinajstić information content (AvgIpc) is 0.759. The molecule has 732 valence electrons. The van der Waals surface area contributed by atoms with Crippen LogP contribution in [0.15, 0.2) is 51.2 Å². The smallest absolute Gasteiger partial charge is 0.382 e. The largest absolute Gasteiger partial charge is 0.424 e. The topological polar surface area (TPSA) is 538 Å². The first-order valence-corrected chi connectivity index (χ1v) is 43.1. The fraction of sp³-hybridized carbons (Fsp3) is 0.815. The molecule has 9 N–H and O–H groups in total. The molecule has 22 aliphatic heterocycles. The third-order valence-corrected chi connectivity index (χ3v) is 23.6. The highest BCUT2D eigenvalue weighted by Gasteiger charge is 2.62. The molecule has 3 amide bonds. The monoisotopic (exact) mass is 1850 g/mol. The van der Waals surface area contributed by atoms with Gasteiger partial charge in [0.25, 0.3) is 0 Å². The molecule has 22 aliphatic rings. The van der Waals surface area contributed by atoms with Crippen molar-refractivity contribution in [1.29, 1.82) is 0 Å². The molecular weight excluding hydrogens is 1720 g/mol. The molecule has 0 aliphatic carbocycles. The van der Waals surface area contributed by atoms with E-state index in [2.05, 4.69) is 46.9 Å². The molecular formula is C81H132N12O36. The molecule has 0 saturated carbocycles. The van der Waals surface area contributed by atoms with Crippen LogP contribution < -0.4 is 49.0 Å². The highest BCUT2D eigenvalue weighted by molar-refractivity contribution is 5.76. The molecule has 3 aromatic heterocycles. The van der Waals surface area contributed by atoms with Crippen molar-refractivity contribution in [3.05, 3.63) is 68.2 Å². The number of hydrogen-bond acceptors (Lipinski definition) is 42. The summed E-state index contributed by atoms with van der Waals surface area (Å²) < 4.78 is 181. The Kier molecular flexibility index (Phi) is 42.2. The zero-order chi connectivity index (χ0) is 92.8. The third kappa shape index (κ3) is 27.1. The van der Waals surface area contributed by atoms with E-state index in [0.29, 0.717) is 91.6 Å². The SMILES string of the molecule is COCC1OC2OC3C(CNC(=O)CCCCCNc4ccn(O)c(=O)n4)OC(OC4C(COC)OC(OC5C(CNC(=O)CCCCCNc6ccn(O)c(=O)n6)OC(OC6C(COC)OC(OC7C(CNC(=O)CCCCCNc8ccn(O)c(=O)n8)OC(OC1C(OC)C2OC)C(OC)C7OC)C(OC)C6OC)C(OC)C5OC)C(OC)C4OC)C(OC)C3OC. The van der Waals surface area contributed by atoms with Gasteiger partial charge < -0.3 is 175 Å². The van der Waals surface area contributed by atoms with Gasteiger partial charge in [0.2, 0.25) is 17.7 Å². The zero-order valence-electron chi connectivity index (χ0n) is 75.6. The van der Waals surface area contributed by atoms with Gasteiger partial charge in [0, 0.05) is 183 Å². The van der Waals surface area contributed by atoms with Crippen molar-refractivity contribution in [3.63, 3.8) is 0 Å². The van der Waals surface area contributed by atoms with E-state index >= 15 is 0 Å². The van der Waals surface area contributed by atoms with Crippen molar-refractivity contribution in [2.75, 3.05) is 182 Å². The molecule has 0 spiro atoms. The summed E-state index contributed by atoms with van der Waals surface area (Å²) in [6.07, 6.45) is -28.1. The van der Waals surface area contributed by atoms with Crippen molar-refractivity contribution in [2.45, 2.75) is 261 Å². The van der Waals surface area contributed by atoms with Crippen LogP contribution in [-0.4, -0.2) is 412 Å². The third-order valence-electron chi connectivity index (χ3n) is 23.6. The van der Waals surface area contributed by atoms with E-state index in [9.17, 15) is 44.4 Å². The van der Waals surface area contributed by atoms with E-state index in [4.69, 9.17) is 128 Å². The molecule has 129 heavy (non-hydrogen) atoms. The number of nitrogens with one attached hydrogen (secondary N) is 6. The van der Waals surface area contributed by atoms with Crippen molar-refractivity contribution < 1.29 is 158 Å². The van der Waals surface area contributed by atoms with Gasteiger partial charge in [-0.05, 0) is 38.5 Å². The van der Waals surface area contributed by atoms with Crippen LogP contribution >= 0.6 is 0 Å². The lowest BCUT2D eigenvalue weighted by molar-refractivity contribution is -0.407. The highest BCUT2D eigenvalue weighted by Crippen LogP contribution is 2.43. The van der Waals surface area contributed by atoms with E-state index in [1.54, 1.807) is 0 Å². The standard InChI is InChI=1S/C81H132N12O36/c1-103-40-46-58-64(109-7)70(115-13)76(121-46)124-55-43(37-85-52(94)25-19-16-22-31-82-49-28-34-91(100)79(97)88-49)119-74(68(113-11)61(55)106-4)128-59-47(41-104-2)123-78(72(117-15)65(59)110-8)126-57-45(39-87-54(96)27-21-18-24-33-84-51-30-36-93(102)81(99)90-51)120-75(69(114-12)63(57)108-6)129-60-48(42-105-3)122-77(71(116-14)66(60)111-9)125-56-44(118-73(127-58)67(112-10)62(56)107-5)38-86-53(95)26-20-17-23-32-83-50-29-35-92(101)80(98)89-50/h28-30,34-36,43-48,55-78,100-102H,16-27,31-33,37-42H2,1-15H3,(H,85,94)(H,86,95)(H,87,96)(H,82,88,97)(H,83,89,98)(H,84,90,99). The van der Waals surface area contributed by atoms with Crippen molar-refractivity contribution in [2.24, 2.45) is 0 Å². The Morgan fingerprint density at radius 3 is 0.690 bits per heavy atom. The maximum Gasteiger partial charge on any atom is 0.382 e. The number of carbonyl (C=O) groups is 3. The Labute approximate surface area is 746 Å². The number of ether oxygens (including phenoxy) is 27. The number of nitrogens with zero attached hydrogens (tertiary/aromatic N) is 6. The Hall–Kier alpha value is -7.23. The molecule has 48 heteroatoms. The predicted molar refractivity (Wildman–Crippen MR) is 443 cm³/mol. The number of rotatable bonds is 45. The lowest BCUT2D eigenvalue weighted by Crippen LogP contribution is -2.70. The minimum absolute atomic E-state index is 0.0717. The van der Waals surface area contributed by atoms with Crippen molar-refractivity contribution in [3.8, 4) is 0 Å². The predicted octanol–water partition coefficient (Wildman–Crippen LogP) is -1.47. The van der Waals surface area contributed by atoms with Gasteiger partial charge in [-0.1, -0.05) is 19.3 Å². The second-order valence-corrected chi connectivity index (χ2v) is 31.6. The minimum atomic E-state index is -1.43. The van der Waals surface area contributed by atoms with Gasteiger partial charge in [-0.15, -0.1) is 14.2 Å². The average molecular weight is 1850 g/mol. The second-order valence-electron chi connectivity index (χ2n) is 31.6. The molecule has 30 unspecified atom stereocenters. The molecule has 0 radical (unpaired) electrons. The number of methoxy groups -OCH3 is 15. The molecule has 3 aromatic rings. The van der Waals surface area contributed by atoms with Crippen molar-refractivity contribution >= 4 is 35.2 Å². The number of anilines is 3. The van der Waals surface area contributed by atoms with Crippen LogP contribution in [0.2, 0.25) is 0 Å². The Bertz CT molecular complexity index is 3630. The molecule has 25 heterocycles. The summed E-state index contributed by atoms with van der Waals surface area (Å²) >= 11 is 0. The first-order valence-electron chi connectivity index (χ1n) is 43.1. The number of unbranched alkanes of at least 4 members (excludes halogenated alkanes) is 6. The lowest BCUT2D eigenvalue weighted by Gasteiger charge is -2.53. The van der Waals surface area contributed by atoms with Crippen LogP contribution in [0, 0.1) is 0 Å².